The molecule has 6 nitrogen and oxygen atoms in total. The van der Waals surface area contributed by atoms with E-state index in [4.69, 9.17) is 9.72 Å². The Morgan fingerprint density at radius 2 is 1.74 bits per heavy atom. The molecule has 4 aromatic rings. The molecule has 0 radical (unpaired) electrons. The predicted octanol–water partition coefficient (Wildman–Crippen LogP) is 5.52. The molecule has 0 aliphatic rings. The summed E-state index contributed by atoms with van der Waals surface area (Å²) in [5.74, 6) is 1.65. The van der Waals surface area contributed by atoms with Crippen LogP contribution in [0.1, 0.15) is 6.92 Å². The molecule has 4 rings (SSSR count). The quantitative estimate of drug-likeness (QED) is 0.477. The first-order valence-corrected chi connectivity index (χ1v) is 8.65. The molecule has 0 aliphatic carbocycles. The van der Waals surface area contributed by atoms with Crippen molar-refractivity contribution in [2.75, 3.05) is 6.61 Å². The van der Waals surface area contributed by atoms with Crippen LogP contribution < -0.4 is 4.74 Å². The van der Waals surface area contributed by atoms with Gasteiger partial charge in [-0.05, 0) is 67.6 Å². The lowest BCUT2D eigenvalue weighted by molar-refractivity contribution is 0.340. The van der Waals surface area contributed by atoms with Crippen LogP contribution in [0.5, 0.6) is 11.5 Å². The summed E-state index contributed by atoms with van der Waals surface area (Å²) in [4.78, 5) is 4.71. The zero-order valence-electron chi connectivity index (χ0n) is 14.8. The Balaban J connectivity index is 1.78. The normalized spacial score (nSPS) is 11.3. The van der Waals surface area contributed by atoms with Crippen LogP contribution in [0.25, 0.3) is 16.9 Å². The molecule has 134 valence electrons. The fourth-order valence-electron chi connectivity index (χ4n) is 2.77. The van der Waals surface area contributed by atoms with E-state index >= 15 is 0 Å². The molecule has 0 atom stereocenters. The summed E-state index contributed by atoms with van der Waals surface area (Å²) >= 11 is 0. The number of phenols is 1. The van der Waals surface area contributed by atoms with E-state index in [0.717, 1.165) is 22.7 Å². The van der Waals surface area contributed by atoms with Crippen molar-refractivity contribution >= 4 is 17.2 Å². The summed E-state index contributed by atoms with van der Waals surface area (Å²) in [5, 5.41) is 18.2. The van der Waals surface area contributed by atoms with Gasteiger partial charge in [-0.25, -0.2) is 4.98 Å². The molecule has 2 aromatic carbocycles. The molecular weight excluding hydrogens is 340 g/mol. The van der Waals surface area contributed by atoms with Gasteiger partial charge in [0, 0.05) is 11.8 Å². The number of ether oxygens (including phenoxy) is 1. The van der Waals surface area contributed by atoms with Gasteiger partial charge in [0.2, 0.25) is 0 Å². The Labute approximate surface area is 156 Å². The fourth-order valence-corrected chi connectivity index (χ4v) is 2.77. The minimum Gasteiger partial charge on any atom is -0.508 e. The molecule has 0 unspecified atom stereocenters. The molecule has 0 aliphatic heterocycles. The van der Waals surface area contributed by atoms with Crippen molar-refractivity contribution in [2.24, 2.45) is 10.2 Å². The third-order valence-electron chi connectivity index (χ3n) is 4.05. The molecule has 1 N–H and O–H groups in total. The van der Waals surface area contributed by atoms with Gasteiger partial charge in [-0.15, -0.1) is 10.2 Å². The van der Waals surface area contributed by atoms with E-state index in [1.165, 1.54) is 0 Å². The van der Waals surface area contributed by atoms with Crippen LogP contribution in [-0.4, -0.2) is 21.1 Å². The topological polar surface area (TPSA) is 71.5 Å². The van der Waals surface area contributed by atoms with E-state index in [0.29, 0.717) is 18.1 Å². The van der Waals surface area contributed by atoms with Crippen molar-refractivity contribution in [3.05, 3.63) is 72.9 Å². The summed E-state index contributed by atoms with van der Waals surface area (Å²) in [6.07, 6.45) is 1.91. The van der Waals surface area contributed by atoms with Gasteiger partial charge < -0.3 is 9.84 Å². The van der Waals surface area contributed by atoms with Gasteiger partial charge >= 0.3 is 0 Å². The first-order valence-electron chi connectivity index (χ1n) is 8.65. The molecule has 0 saturated carbocycles. The number of rotatable bonds is 5. The summed E-state index contributed by atoms with van der Waals surface area (Å²) in [7, 11) is 0. The Morgan fingerprint density at radius 1 is 0.963 bits per heavy atom. The molecule has 0 amide bonds. The highest BCUT2D eigenvalue weighted by Gasteiger charge is 2.14. The van der Waals surface area contributed by atoms with Crippen molar-refractivity contribution in [1.82, 2.24) is 9.38 Å². The van der Waals surface area contributed by atoms with Crippen LogP contribution in [0.3, 0.4) is 0 Å². The Hall–Kier alpha value is -3.67. The van der Waals surface area contributed by atoms with E-state index in [1.54, 1.807) is 24.3 Å². The van der Waals surface area contributed by atoms with Crippen LogP contribution in [0.2, 0.25) is 0 Å². The Bertz CT molecular complexity index is 1080. The molecule has 0 bridgehead atoms. The van der Waals surface area contributed by atoms with Gasteiger partial charge in [0.05, 0.1) is 12.3 Å². The van der Waals surface area contributed by atoms with Gasteiger partial charge in [0.25, 0.3) is 0 Å². The molecule has 0 saturated heterocycles. The largest absolute Gasteiger partial charge is 0.508 e. The highest BCUT2D eigenvalue weighted by atomic mass is 16.5. The van der Waals surface area contributed by atoms with Crippen molar-refractivity contribution in [3.8, 4) is 22.8 Å². The maximum Gasteiger partial charge on any atom is 0.187 e. The first kappa shape index (κ1) is 16.8. The standard InChI is InChI=1S/C21H18N4O2/c1-2-27-18-12-6-15(7-13-18)20-21(25-14-4-3-5-19(25)22-20)24-23-16-8-10-17(26)11-9-16/h3-14,26H,2H2,1H3. The molecule has 2 heterocycles. The average molecular weight is 358 g/mol. The number of pyridine rings is 1. The SMILES string of the molecule is CCOc1ccc(-c2nc3ccccn3c2N=Nc2ccc(O)cc2)cc1. The maximum absolute atomic E-state index is 9.41. The molecule has 2 aromatic heterocycles. The Morgan fingerprint density at radius 3 is 2.48 bits per heavy atom. The van der Waals surface area contributed by atoms with Gasteiger partial charge in [0.15, 0.2) is 5.82 Å². The minimum atomic E-state index is 0.193. The van der Waals surface area contributed by atoms with Crippen molar-refractivity contribution < 1.29 is 9.84 Å². The number of aromatic nitrogens is 2. The van der Waals surface area contributed by atoms with Crippen LogP contribution in [0.15, 0.2) is 83.2 Å². The zero-order valence-corrected chi connectivity index (χ0v) is 14.8. The van der Waals surface area contributed by atoms with Gasteiger partial charge in [0.1, 0.15) is 22.8 Å². The van der Waals surface area contributed by atoms with Crippen LogP contribution in [0.4, 0.5) is 11.5 Å². The third kappa shape index (κ3) is 3.50. The predicted molar refractivity (Wildman–Crippen MR) is 104 cm³/mol. The lowest BCUT2D eigenvalue weighted by Gasteiger charge is -2.04. The number of hydrogen-bond acceptors (Lipinski definition) is 5. The summed E-state index contributed by atoms with van der Waals surface area (Å²) in [6, 6.07) is 20.1. The summed E-state index contributed by atoms with van der Waals surface area (Å²) in [5.41, 5.74) is 3.12. The second kappa shape index (κ2) is 7.29. The minimum absolute atomic E-state index is 0.193. The highest BCUT2D eigenvalue weighted by molar-refractivity contribution is 5.74. The third-order valence-corrected chi connectivity index (χ3v) is 4.05. The lowest BCUT2D eigenvalue weighted by Crippen LogP contribution is -1.90. The molecule has 0 spiro atoms. The number of benzene rings is 2. The molecular formula is C21H18N4O2. The fraction of sp³-hybridized carbons (Fsp3) is 0.0952. The van der Waals surface area contributed by atoms with Crippen molar-refractivity contribution in [3.63, 3.8) is 0 Å². The first-order chi connectivity index (χ1) is 13.2. The number of imidazole rings is 1. The Kier molecular flexibility index (Phi) is 4.53. The zero-order chi connectivity index (χ0) is 18.6. The van der Waals surface area contributed by atoms with Gasteiger partial charge in [-0.3, -0.25) is 4.40 Å². The van der Waals surface area contributed by atoms with Crippen molar-refractivity contribution in [1.29, 1.82) is 0 Å². The number of phenolic OH excluding ortho intramolecular Hbond substituents is 1. The molecule has 0 fully saturated rings. The average Bonchev–Trinajstić information content (AvgIpc) is 3.07. The number of aromatic hydroxyl groups is 1. The number of nitrogens with zero attached hydrogens (tertiary/aromatic N) is 4. The van der Waals surface area contributed by atoms with Gasteiger partial charge in [-0.2, -0.15) is 0 Å². The van der Waals surface area contributed by atoms with Crippen LogP contribution in [-0.2, 0) is 0 Å². The molecule has 27 heavy (non-hydrogen) atoms. The van der Waals surface area contributed by atoms with E-state index in [1.807, 2.05) is 60.0 Å². The van der Waals surface area contributed by atoms with Crippen LogP contribution >= 0.6 is 0 Å². The number of fused-ring (bicyclic) bond motifs is 1. The lowest BCUT2D eigenvalue weighted by atomic mass is 10.1. The maximum atomic E-state index is 9.41. The van der Waals surface area contributed by atoms with Gasteiger partial charge in [-0.1, -0.05) is 6.07 Å². The summed E-state index contributed by atoms with van der Waals surface area (Å²) < 4.78 is 7.41. The van der Waals surface area contributed by atoms with Crippen LogP contribution in [0, 0.1) is 0 Å². The summed E-state index contributed by atoms with van der Waals surface area (Å²) in [6.45, 7) is 2.58. The van der Waals surface area contributed by atoms with E-state index in [2.05, 4.69) is 10.2 Å². The second-order valence-corrected chi connectivity index (χ2v) is 5.89. The van der Waals surface area contributed by atoms with E-state index in [-0.39, 0.29) is 5.75 Å². The number of azo groups is 1. The smallest absolute Gasteiger partial charge is 0.187 e. The monoisotopic (exact) mass is 358 g/mol. The second-order valence-electron chi connectivity index (χ2n) is 5.89. The van der Waals surface area contributed by atoms with E-state index in [9.17, 15) is 5.11 Å². The van der Waals surface area contributed by atoms with E-state index < -0.39 is 0 Å². The number of hydrogen-bond donors (Lipinski definition) is 1. The molecule has 6 heteroatoms. The van der Waals surface area contributed by atoms with Crippen molar-refractivity contribution in [2.45, 2.75) is 6.92 Å². The highest BCUT2D eigenvalue weighted by Crippen LogP contribution is 2.33.